The first-order chi connectivity index (χ1) is 12.2. The zero-order valence-electron chi connectivity index (χ0n) is 13.0. The van der Waals surface area contributed by atoms with Gasteiger partial charge >= 0.3 is 0 Å². The van der Waals surface area contributed by atoms with Crippen LogP contribution in [0.4, 0.5) is 4.39 Å². The van der Waals surface area contributed by atoms with E-state index >= 15 is 0 Å². The van der Waals surface area contributed by atoms with Gasteiger partial charge in [0.2, 0.25) is 5.89 Å². The summed E-state index contributed by atoms with van der Waals surface area (Å²) in [6.07, 6.45) is 1.64. The van der Waals surface area contributed by atoms with Gasteiger partial charge in [0.1, 0.15) is 11.3 Å². The Bertz CT molecular complexity index is 1100. The first-order valence-corrected chi connectivity index (χ1v) is 7.69. The van der Waals surface area contributed by atoms with Crippen molar-refractivity contribution in [3.8, 4) is 6.07 Å². The molecule has 6 heteroatoms. The standard InChI is InChI=1S/C19H12FN3O2/c20-12-5-6-15-13(8-12)11(10-22-15)7-17(24)14(9-21)19-23-16-3-1-2-4-18(16)25-19/h1-6,8,10,14,22H,7H2/t14-/m1/s1. The van der Waals surface area contributed by atoms with Crippen LogP contribution in [0.5, 0.6) is 0 Å². The SMILES string of the molecule is N#C[C@H](C(=O)Cc1c[nH]c2ccc(F)cc12)c1nc2ccccc2o1. The van der Waals surface area contributed by atoms with Crippen molar-refractivity contribution < 1.29 is 13.6 Å². The van der Waals surface area contributed by atoms with Gasteiger partial charge in [-0.1, -0.05) is 12.1 Å². The lowest BCUT2D eigenvalue weighted by atomic mass is 9.98. The van der Waals surface area contributed by atoms with Crippen LogP contribution in [0.15, 0.2) is 53.1 Å². The molecule has 1 N–H and O–H groups in total. The fourth-order valence-electron chi connectivity index (χ4n) is 2.87. The molecule has 122 valence electrons. The zero-order valence-corrected chi connectivity index (χ0v) is 13.0. The highest BCUT2D eigenvalue weighted by atomic mass is 19.1. The van der Waals surface area contributed by atoms with Crippen LogP contribution >= 0.6 is 0 Å². The number of aromatic nitrogens is 2. The Morgan fingerprint density at radius 2 is 2.16 bits per heavy atom. The van der Waals surface area contributed by atoms with Gasteiger partial charge < -0.3 is 9.40 Å². The number of ketones is 1. The molecule has 0 saturated carbocycles. The Balaban J connectivity index is 1.66. The van der Waals surface area contributed by atoms with Crippen LogP contribution in [0.2, 0.25) is 0 Å². The van der Waals surface area contributed by atoms with E-state index < -0.39 is 5.92 Å². The number of hydrogen-bond acceptors (Lipinski definition) is 4. The molecule has 0 saturated heterocycles. The lowest BCUT2D eigenvalue weighted by Gasteiger charge is -2.03. The van der Waals surface area contributed by atoms with Crippen LogP contribution in [0.3, 0.4) is 0 Å². The molecular formula is C19H12FN3O2. The second-order valence-electron chi connectivity index (χ2n) is 5.73. The number of nitriles is 1. The average Bonchev–Trinajstić information content (AvgIpc) is 3.19. The number of oxazole rings is 1. The van der Waals surface area contributed by atoms with Crippen molar-refractivity contribution >= 4 is 27.8 Å². The van der Waals surface area contributed by atoms with E-state index in [9.17, 15) is 14.4 Å². The summed E-state index contributed by atoms with van der Waals surface area (Å²) in [5.41, 5.74) is 2.50. The van der Waals surface area contributed by atoms with Crippen LogP contribution in [0.1, 0.15) is 17.4 Å². The zero-order chi connectivity index (χ0) is 17.4. The molecular weight excluding hydrogens is 321 g/mol. The summed E-state index contributed by atoms with van der Waals surface area (Å²) in [7, 11) is 0. The second kappa shape index (κ2) is 5.87. The minimum Gasteiger partial charge on any atom is -0.439 e. The number of Topliss-reactive ketones (excluding diaryl/α,β-unsaturated/α-hetero) is 1. The smallest absolute Gasteiger partial charge is 0.220 e. The number of para-hydroxylation sites is 2. The maximum Gasteiger partial charge on any atom is 0.220 e. The highest BCUT2D eigenvalue weighted by Gasteiger charge is 2.26. The lowest BCUT2D eigenvalue weighted by molar-refractivity contribution is -0.119. The summed E-state index contributed by atoms with van der Waals surface area (Å²) in [4.78, 5) is 19.8. The fourth-order valence-corrected chi connectivity index (χ4v) is 2.87. The summed E-state index contributed by atoms with van der Waals surface area (Å²) >= 11 is 0. The lowest BCUT2D eigenvalue weighted by Crippen LogP contribution is -2.13. The van der Waals surface area contributed by atoms with Crippen molar-refractivity contribution in [1.82, 2.24) is 9.97 Å². The summed E-state index contributed by atoms with van der Waals surface area (Å²) in [5.74, 6) is -1.75. The topological polar surface area (TPSA) is 82.7 Å². The van der Waals surface area contributed by atoms with Gasteiger partial charge in [-0.15, -0.1) is 0 Å². The maximum atomic E-state index is 13.5. The monoisotopic (exact) mass is 333 g/mol. The Hall–Kier alpha value is -3.46. The van der Waals surface area contributed by atoms with Crippen LogP contribution in [-0.4, -0.2) is 15.8 Å². The van der Waals surface area contributed by atoms with E-state index in [1.165, 1.54) is 12.1 Å². The third-order valence-electron chi connectivity index (χ3n) is 4.10. The van der Waals surface area contributed by atoms with Crippen molar-refractivity contribution in [2.75, 3.05) is 0 Å². The van der Waals surface area contributed by atoms with E-state index in [0.717, 1.165) is 5.52 Å². The maximum absolute atomic E-state index is 13.5. The number of hydrogen-bond donors (Lipinski definition) is 1. The molecule has 2 aromatic heterocycles. The molecule has 1 atom stereocenters. The Morgan fingerprint density at radius 3 is 2.96 bits per heavy atom. The minimum atomic E-state index is -1.11. The Morgan fingerprint density at radius 1 is 1.32 bits per heavy atom. The van der Waals surface area contributed by atoms with Gasteiger partial charge in [0.25, 0.3) is 0 Å². The average molecular weight is 333 g/mol. The van der Waals surface area contributed by atoms with Gasteiger partial charge in [-0.3, -0.25) is 4.79 Å². The number of carbonyl (C=O) groups is 1. The van der Waals surface area contributed by atoms with Gasteiger partial charge in [0, 0.05) is 23.5 Å². The predicted molar refractivity (Wildman–Crippen MR) is 89.3 cm³/mol. The van der Waals surface area contributed by atoms with Crippen molar-refractivity contribution in [2.24, 2.45) is 0 Å². The Labute approximate surface area is 141 Å². The summed E-state index contributed by atoms with van der Waals surface area (Å²) in [6.45, 7) is 0. The van der Waals surface area contributed by atoms with Gasteiger partial charge in [-0.25, -0.2) is 9.37 Å². The van der Waals surface area contributed by atoms with Crippen LogP contribution < -0.4 is 0 Å². The van der Waals surface area contributed by atoms with Gasteiger partial charge in [-0.05, 0) is 35.9 Å². The number of aromatic amines is 1. The molecule has 0 radical (unpaired) electrons. The molecule has 2 aromatic carbocycles. The van der Waals surface area contributed by atoms with E-state index in [0.29, 0.717) is 22.0 Å². The molecule has 2 heterocycles. The number of halogens is 1. The predicted octanol–water partition coefficient (Wildman–Crippen LogP) is 3.87. The molecule has 0 spiro atoms. The van der Waals surface area contributed by atoms with E-state index in [1.54, 1.807) is 36.5 Å². The molecule has 0 bridgehead atoms. The summed E-state index contributed by atoms with van der Waals surface area (Å²) in [5, 5.41) is 10.0. The highest BCUT2D eigenvalue weighted by molar-refractivity contribution is 5.94. The van der Waals surface area contributed by atoms with Crippen LogP contribution in [-0.2, 0) is 11.2 Å². The fraction of sp³-hybridized carbons (Fsp3) is 0.105. The molecule has 0 fully saturated rings. The molecule has 4 rings (SSSR count). The van der Waals surface area contributed by atoms with Crippen molar-refractivity contribution in [3.63, 3.8) is 0 Å². The van der Waals surface area contributed by atoms with Crippen LogP contribution in [0, 0.1) is 17.1 Å². The number of nitrogens with zero attached hydrogens (tertiary/aromatic N) is 2. The van der Waals surface area contributed by atoms with Gasteiger partial charge in [0.05, 0.1) is 6.07 Å². The van der Waals surface area contributed by atoms with E-state index in [1.807, 2.05) is 6.07 Å². The molecule has 0 aliphatic heterocycles. The molecule has 0 amide bonds. The van der Waals surface area contributed by atoms with Crippen molar-refractivity contribution in [3.05, 3.63) is 65.9 Å². The van der Waals surface area contributed by atoms with Crippen molar-refractivity contribution in [2.45, 2.75) is 12.3 Å². The molecule has 25 heavy (non-hydrogen) atoms. The Kier molecular flexibility index (Phi) is 3.55. The molecule has 4 aromatic rings. The van der Waals surface area contributed by atoms with Crippen molar-refractivity contribution in [1.29, 1.82) is 5.26 Å². The summed E-state index contributed by atoms with van der Waals surface area (Å²) in [6, 6.07) is 13.4. The van der Waals surface area contributed by atoms with Gasteiger partial charge in [-0.2, -0.15) is 5.26 Å². The summed E-state index contributed by atoms with van der Waals surface area (Å²) < 4.78 is 19.0. The third kappa shape index (κ3) is 2.66. The molecule has 0 aliphatic rings. The second-order valence-corrected chi connectivity index (χ2v) is 5.73. The number of rotatable bonds is 4. The van der Waals surface area contributed by atoms with Crippen LogP contribution in [0.25, 0.3) is 22.0 Å². The number of carbonyl (C=O) groups excluding carboxylic acids is 1. The highest BCUT2D eigenvalue weighted by Crippen LogP contribution is 2.25. The molecule has 5 nitrogen and oxygen atoms in total. The first-order valence-electron chi connectivity index (χ1n) is 7.69. The van der Waals surface area contributed by atoms with E-state index in [2.05, 4.69) is 9.97 Å². The first kappa shape index (κ1) is 15.1. The minimum absolute atomic E-state index is 0.0135. The number of benzene rings is 2. The number of nitrogens with one attached hydrogen (secondary N) is 1. The number of fused-ring (bicyclic) bond motifs is 2. The molecule has 0 unspecified atom stereocenters. The number of H-pyrrole nitrogens is 1. The van der Waals surface area contributed by atoms with E-state index in [-0.39, 0.29) is 23.9 Å². The largest absolute Gasteiger partial charge is 0.439 e. The van der Waals surface area contributed by atoms with Gasteiger partial charge in [0.15, 0.2) is 17.3 Å². The normalized spacial score (nSPS) is 12.3. The van der Waals surface area contributed by atoms with E-state index in [4.69, 9.17) is 4.42 Å². The molecule has 0 aliphatic carbocycles. The quantitative estimate of drug-likeness (QED) is 0.614. The third-order valence-corrected chi connectivity index (χ3v) is 4.10.